The van der Waals surface area contributed by atoms with Gasteiger partial charge in [0.1, 0.15) is 0 Å². The van der Waals surface area contributed by atoms with Gasteiger partial charge in [0.25, 0.3) is 0 Å². The number of pyridine rings is 1. The van der Waals surface area contributed by atoms with E-state index in [1.165, 1.54) is 16.7 Å². The second-order valence-corrected chi connectivity index (χ2v) is 11.2. The third-order valence-corrected chi connectivity index (χ3v) is 8.09. The first kappa shape index (κ1) is 29.7. The average molecular weight is 539 g/mol. The summed E-state index contributed by atoms with van der Waals surface area (Å²) in [5, 5.41) is 10.4. The van der Waals surface area contributed by atoms with Crippen LogP contribution < -0.4 is 0 Å². The van der Waals surface area contributed by atoms with Crippen LogP contribution in [0.5, 0.6) is 0 Å². The van der Waals surface area contributed by atoms with Crippen molar-refractivity contribution in [2.45, 2.75) is 23.2 Å². The fourth-order valence-corrected chi connectivity index (χ4v) is 6.45. The van der Waals surface area contributed by atoms with Crippen molar-refractivity contribution in [1.29, 1.82) is 0 Å². The van der Waals surface area contributed by atoms with Gasteiger partial charge in [0.05, 0.1) is 27.5 Å². The molecule has 3 aromatic rings. The Kier molecular flexibility index (Phi) is 12.2. The fourth-order valence-electron chi connectivity index (χ4n) is 3.34. The molecule has 2 aromatic carbocycles. The molecular formula is C26H28ClN2NaO3S2. The van der Waals surface area contributed by atoms with E-state index in [1.807, 2.05) is 60.7 Å². The molecule has 0 aliphatic heterocycles. The predicted molar refractivity (Wildman–Crippen MR) is 152 cm³/mol. The molecular weight excluding hydrogens is 511 g/mol. The molecule has 0 aliphatic carbocycles. The number of amides is 1. The zero-order valence-corrected chi connectivity index (χ0v) is 21.7. The summed E-state index contributed by atoms with van der Waals surface area (Å²) in [5.41, 5.74) is 3.71. The summed E-state index contributed by atoms with van der Waals surface area (Å²) in [5.74, 6) is -0.321. The van der Waals surface area contributed by atoms with Crippen LogP contribution in [0.1, 0.15) is 34.7 Å². The van der Waals surface area contributed by atoms with Crippen LogP contribution in [0.25, 0.3) is 23.1 Å². The van der Waals surface area contributed by atoms with Gasteiger partial charge in [0.2, 0.25) is 5.91 Å². The van der Waals surface area contributed by atoms with Crippen LogP contribution in [0.2, 0.25) is 5.02 Å². The predicted octanol–water partition coefficient (Wildman–Crippen LogP) is 5.83. The van der Waals surface area contributed by atoms with Crippen molar-refractivity contribution in [2.24, 2.45) is 0 Å². The van der Waals surface area contributed by atoms with Crippen LogP contribution in [0.15, 0.2) is 54.6 Å². The molecule has 0 spiro atoms. The first-order valence-electron chi connectivity index (χ1n) is 10.8. The molecule has 0 aliphatic rings. The zero-order valence-electron chi connectivity index (χ0n) is 19.3. The van der Waals surface area contributed by atoms with Crippen molar-refractivity contribution in [3.63, 3.8) is 0 Å². The van der Waals surface area contributed by atoms with Gasteiger partial charge in [-0.2, -0.15) is 0 Å². The molecule has 5 nitrogen and oxygen atoms in total. The normalized spacial score (nSPS) is 12.8. The minimum absolute atomic E-state index is 0. The monoisotopic (exact) mass is 538 g/mol. The number of carbonyl (C=O) groups excluding carboxylic acids is 1. The van der Waals surface area contributed by atoms with Gasteiger partial charge in [0.15, 0.2) is 0 Å². The van der Waals surface area contributed by atoms with E-state index < -0.39 is 11.2 Å². The number of hydrogen-bond donors (Lipinski definition) is 1. The van der Waals surface area contributed by atoms with Gasteiger partial charge < -0.3 is 10.0 Å². The standard InChI is InChI=1S/C26H27ClN2O3S2.Na.H/c1-4-33-26(34-23(16-24(30)31)25(32)29(2)3)19-7-5-6-17(14-19)8-12-21-13-10-18-9-11-20(27)15-22(18)28-21;;/h5-15,23,26H,4,16H2,1-3H3,(H,30,31);;/b12-8+;;. The SMILES string of the molecule is CCSC(SC(CC(=O)O)C(=O)N(C)C)c1cccc(/C=C/c2ccc3ccc(Cl)cc3n2)c1.[NaH]. The third-order valence-electron chi connectivity index (χ3n) is 4.99. The van der Waals surface area contributed by atoms with Gasteiger partial charge in [-0.05, 0) is 47.2 Å². The Hall–Kier alpha value is -1.48. The summed E-state index contributed by atoms with van der Waals surface area (Å²) in [4.78, 5) is 30.1. The molecule has 0 saturated heterocycles. The first-order valence-corrected chi connectivity index (χ1v) is 13.2. The second-order valence-electron chi connectivity index (χ2n) is 7.82. The number of aromatic nitrogens is 1. The maximum atomic E-state index is 12.6. The van der Waals surface area contributed by atoms with E-state index in [0.717, 1.165) is 33.5 Å². The average Bonchev–Trinajstić information content (AvgIpc) is 2.81. The summed E-state index contributed by atoms with van der Waals surface area (Å²) in [6.45, 7) is 2.06. The van der Waals surface area contributed by atoms with E-state index in [2.05, 4.69) is 18.0 Å². The van der Waals surface area contributed by atoms with Crippen LogP contribution in [-0.4, -0.2) is 81.5 Å². The Morgan fingerprint density at radius 1 is 1.11 bits per heavy atom. The first-order chi connectivity index (χ1) is 16.3. The van der Waals surface area contributed by atoms with Crippen molar-refractivity contribution in [3.8, 4) is 0 Å². The van der Waals surface area contributed by atoms with E-state index >= 15 is 0 Å². The number of benzene rings is 2. The number of rotatable bonds is 10. The quantitative estimate of drug-likeness (QED) is 0.259. The molecule has 0 bridgehead atoms. The molecule has 1 N–H and O–H groups in total. The van der Waals surface area contributed by atoms with E-state index in [4.69, 9.17) is 11.6 Å². The van der Waals surface area contributed by atoms with Crippen LogP contribution in [-0.2, 0) is 9.59 Å². The Balaban J connectivity index is 0.00000432. The van der Waals surface area contributed by atoms with Crippen molar-refractivity contribution >= 4 is 99.6 Å². The molecule has 35 heavy (non-hydrogen) atoms. The molecule has 1 heterocycles. The third kappa shape index (κ3) is 8.85. The number of carbonyl (C=O) groups is 2. The van der Waals surface area contributed by atoms with Gasteiger partial charge in [-0.15, -0.1) is 23.5 Å². The van der Waals surface area contributed by atoms with Gasteiger partial charge in [-0.1, -0.05) is 54.9 Å². The Morgan fingerprint density at radius 3 is 2.54 bits per heavy atom. The minimum atomic E-state index is -0.978. The number of halogens is 1. The van der Waals surface area contributed by atoms with Crippen molar-refractivity contribution in [3.05, 3.63) is 76.4 Å². The molecule has 2 atom stereocenters. The van der Waals surface area contributed by atoms with Crippen molar-refractivity contribution in [2.75, 3.05) is 19.8 Å². The maximum absolute atomic E-state index is 12.6. The molecule has 0 saturated carbocycles. The number of carboxylic acid groups (broad SMARTS) is 1. The van der Waals surface area contributed by atoms with Crippen molar-refractivity contribution in [1.82, 2.24) is 9.88 Å². The van der Waals surface area contributed by atoms with E-state index in [9.17, 15) is 14.7 Å². The van der Waals surface area contributed by atoms with Gasteiger partial charge in [-0.3, -0.25) is 9.59 Å². The number of thioether (sulfide) groups is 2. The summed E-state index contributed by atoms with van der Waals surface area (Å²) >= 11 is 9.19. The van der Waals surface area contributed by atoms with Crippen LogP contribution in [0.4, 0.5) is 0 Å². The molecule has 1 aromatic heterocycles. The van der Waals surface area contributed by atoms with Crippen LogP contribution in [0.3, 0.4) is 0 Å². The van der Waals surface area contributed by atoms with Crippen molar-refractivity contribution < 1.29 is 14.7 Å². The molecule has 2 unspecified atom stereocenters. The summed E-state index contributed by atoms with van der Waals surface area (Å²) in [6, 6.07) is 17.7. The number of nitrogens with zero attached hydrogens (tertiary/aromatic N) is 2. The van der Waals surface area contributed by atoms with Gasteiger partial charge >= 0.3 is 35.5 Å². The fraction of sp³-hybridized carbons (Fsp3) is 0.269. The zero-order chi connectivity index (χ0) is 24.7. The molecule has 9 heteroatoms. The number of aliphatic carboxylic acids is 1. The molecule has 3 rings (SSSR count). The summed E-state index contributed by atoms with van der Waals surface area (Å²) in [7, 11) is 3.31. The summed E-state index contributed by atoms with van der Waals surface area (Å²) < 4.78 is -0.0625. The second kappa shape index (κ2) is 14.3. The molecule has 0 fully saturated rings. The number of fused-ring (bicyclic) bond motifs is 1. The van der Waals surface area contributed by atoms with E-state index in [0.29, 0.717) is 5.02 Å². The number of hydrogen-bond acceptors (Lipinski definition) is 5. The molecule has 1 amide bonds. The molecule has 0 radical (unpaired) electrons. The topological polar surface area (TPSA) is 70.5 Å². The Morgan fingerprint density at radius 2 is 1.86 bits per heavy atom. The Labute approximate surface area is 242 Å². The number of carboxylic acids is 1. The Bertz CT molecular complexity index is 1210. The van der Waals surface area contributed by atoms with Crippen LogP contribution in [0, 0.1) is 0 Å². The van der Waals surface area contributed by atoms with Gasteiger partial charge in [-0.25, -0.2) is 4.98 Å². The van der Waals surface area contributed by atoms with Gasteiger partial charge in [0, 0.05) is 24.5 Å². The van der Waals surface area contributed by atoms with E-state index in [1.54, 1.807) is 25.9 Å². The van der Waals surface area contributed by atoms with Crippen LogP contribution >= 0.6 is 35.1 Å². The summed E-state index contributed by atoms with van der Waals surface area (Å²) in [6.07, 6.45) is 3.75. The molecule has 180 valence electrons. The van der Waals surface area contributed by atoms with E-state index in [-0.39, 0.29) is 46.5 Å².